The fourth-order valence-corrected chi connectivity index (χ4v) is 2.24. The van der Waals surface area contributed by atoms with Gasteiger partial charge in [-0.05, 0) is 31.2 Å². The Kier molecular flexibility index (Phi) is 6.80. The smallest absolute Gasteiger partial charge is 0.492 e. The molecule has 1 aromatic heterocycles. The van der Waals surface area contributed by atoms with Crippen molar-refractivity contribution in [2.75, 3.05) is 18.5 Å². The standard InChI is InChI=1S/C18H18F3N3O4/c1-11-8-13(9-16(23-11)24-12(2)25)17(26)22-6-7-27-14-4-3-5-15(10-14)28-18(19,20)21/h3-5,8-10H,6-7H2,1-2H3,(H,22,26)(H,23,24,25). The molecule has 0 aliphatic rings. The number of pyridine rings is 1. The average molecular weight is 397 g/mol. The zero-order valence-electron chi connectivity index (χ0n) is 15.1. The van der Waals surface area contributed by atoms with Crippen molar-refractivity contribution >= 4 is 17.6 Å². The number of carbonyl (C=O) groups excluding carboxylic acids is 2. The van der Waals surface area contributed by atoms with Crippen LogP contribution in [0.4, 0.5) is 19.0 Å². The molecule has 150 valence electrons. The zero-order chi connectivity index (χ0) is 20.7. The van der Waals surface area contributed by atoms with Crippen LogP contribution in [0.25, 0.3) is 0 Å². The number of nitrogens with zero attached hydrogens (tertiary/aromatic N) is 1. The lowest BCUT2D eigenvalue weighted by molar-refractivity contribution is -0.274. The normalized spacial score (nSPS) is 10.9. The summed E-state index contributed by atoms with van der Waals surface area (Å²) in [4.78, 5) is 27.4. The molecule has 0 saturated heterocycles. The molecule has 0 bridgehead atoms. The zero-order valence-corrected chi connectivity index (χ0v) is 15.1. The van der Waals surface area contributed by atoms with Gasteiger partial charge in [0.15, 0.2) is 0 Å². The second-order valence-corrected chi connectivity index (χ2v) is 5.69. The lowest BCUT2D eigenvalue weighted by Crippen LogP contribution is -2.28. The lowest BCUT2D eigenvalue weighted by atomic mass is 10.2. The van der Waals surface area contributed by atoms with E-state index in [1.807, 2.05) is 0 Å². The Labute approximate surface area is 158 Å². The molecule has 10 heteroatoms. The van der Waals surface area contributed by atoms with Gasteiger partial charge in [-0.25, -0.2) is 4.98 Å². The third-order valence-electron chi connectivity index (χ3n) is 3.22. The monoisotopic (exact) mass is 397 g/mol. The number of aryl methyl sites for hydroxylation is 1. The van der Waals surface area contributed by atoms with Crippen LogP contribution in [-0.2, 0) is 4.79 Å². The number of rotatable bonds is 7. The fraction of sp³-hybridized carbons (Fsp3) is 0.278. The summed E-state index contributed by atoms with van der Waals surface area (Å²) >= 11 is 0. The first-order chi connectivity index (χ1) is 13.1. The van der Waals surface area contributed by atoms with Crippen molar-refractivity contribution < 1.29 is 32.2 Å². The molecule has 0 radical (unpaired) electrons. The minimum Gasteiger partial charge on any atom is -0.492 e. The van der Waals surface area contributed by atoms with Crippen LogP contribution >= 0.6 is 0 Å². The summed E-state index contributed by atoms with van der Waals surface area (Å²) < 4.78 is 45.8. The van der Waals surface area contributed by atoms with Gasteiger partial charge in [-0.15, -0.1) is 13.2 Å². The van der Waals surface area contributed by atoms with Gasteiger partial charge in [0.25, 0.3) is 5.91 Å². The van der Waals surface area contributed by atoms with Crippen molar-refractivity contribution in [2.45, 2.75) is 20.2 Å². The van der Waals surface area contributed by atoms with Gasteiger partial charge in [0.2, 0.25) is 5.91 Å². The van der Waals surface area contributed by atoms with Crippen LogP contribution in [0.1, 0.15) is 23.0 Å². The maximum atomic E-state index is 12.2. The predicted molar refractivity (Wildman–Crippen MR) is 94.2 cm³/mol. The molecule has 7 nitrogen and oxygen atoms in total. The second-order valence-electron chi connectivity index (χ2n) is 5.69. The number of ether oxygens (including phenoxy) is 2. The molecule has 2 rings (SSSR count). The molecule has 0 fully saturated rings. The topological polar surface area (TPSA) is 89.6 Å². The van der Waals surface area contributed by atoms with Gasteiger partial charge in [0.1, 0.15) is 23.9 Å². The van der Waals surface area contributed by atoms with Crippen LogP contribution in [0.2, 0.25) is 0 Å². The van der Waals surface area contributed by atoms with Crippen molar-refractivity contribution in [1.29, 1.82) is 0 Å². The number of aromatic nitrogens is 1. The Morgan fingerprint density at radius 2 is 1.86 bits per heavy atom. The molecule has 0 unspecified atom stereocenters. The quantitative estimate of drug-likeness (QED) is 0.701. The Morgan fingerprint density at radius 1 is 1.14 bits per heavy atom. The third kappa shape index (κ3) is 7.14. The number of carbonyl (C=O) groups is 2. The van der Waals surface area contributed by atoms with Gasteiger partial charge in [-0.1, -0.05) is 6.07 Å². The number of amides is 2. The van der Waals surface area contributed by atoms with E-state index in [1.165, 1.54) is 25.1 Å². The first-order valence-corrected chi connectivity index (χ1v) is 8.15. The van der Waals surface area contributed by atoms with E-state index in [4.69, 9.17) is 4.74 Å². The Bertz CT molecular complexity index is 856. The highest BCUT2D eigenvalue weighted by atomic mass is 19.4. The van der Waals surface area contributed by atoms with Gasteiger partial charge >= 0.3 is 6.36 Å². The number of halogens is 3. The molecular formula is C18H18F3N3O4. The van der Waals surface area contributed by atoms with E-state index < -0.39 is 18.0 Å². The largest absolute Gasteiger partial charge is 0.573 e. The Hall–Kier alpha value is -3.30. The molecule has 1 heterocycles. The number of anilines is 1. The summed E-state index contributed by atoms with van der Waals surface area (Å²) in [7, 11) is 0. The number of benzene rings is 1. The summed E-state index contributed by atoms with van der Waals surface area (Å²) in [6.07, 6.45) is -4.79. The number of hydrogen-bond acceptors (Lipinski definition) is 5. The Balaban J connectivity index is 1.87. The van der Waals surface area contributed by atoms with E-state index in [2.05, 4.69) is 20.4 Å². The predicted octanol–water partition coefficient (Wildman–Crippen LogP) is 3.06. The molecular weight excluding hydrogens is 379 g/mol. The van der Waals surface area contributed by atoms with E-state index in [0.717, 1.165) is 12.1 Å². The van der Waals surface area contributed by atoms with E-state index in [-0.39, 0.29) is 30.6 Å². The highest BCUT2D eigenvalue weighted by Crippen LogP contribution is 2.25. The maximum absolute atomic E-state index is 12.2. The van der Waals surface area contributed by atoms with Crippen molar-refractivity contribution in [2.24, 2.45) is 0 Å². The SMILES string of the molecule is CC(=O)Nc1cc(C(=O)NCCOc2cccc(OC(F)(F)F)c2)cc(C)n1. The fourth-order valence-electron chi connectivity index (χ4n) is 2.24. The molecule has 0 aliphatic carbocycles. The van der Waals surface area contributed by atoms with Crippen molar-refractivity contribution in [3.05, 3.63) is 47.7 Å². The summed E-state index contributed by atoms with van der Waals surface area (Å²) in [6.45, 7) is 3.15. The van der Waals surface area contributed by atoms with Crippen LogP contribution < -0.4 is 20.1 Å². The van der Waals surface area contributed by atoms with E-state index >= 15 is 0 Å². The Morgan fingerprint density at radius 3 is 2.54 bits per heavy atom. The minimum atomic E-state index is -4.79. The lowest BCUT2D eigenvalue weighted by Gasteiger charge is -2.11. The van der Waals surface area contributed by atoms with Crippen LogP contribution in [0.3, 0.4) is 0 Å². The molecule has 2 aromatic rings. The van der Waals surface area contributed by atoms with E-state index in [1.54, 1.807) is 13.0 Å². The van der Waals surface area contributed by atoms with E-state index in [0.29, 0.717) is 11.3 Å². The number of hydrogen-bond donors (Lipinski definition) is 2. The molecule has 0 aliphatic heterocycles. The van der Waals surface area contributed by atoms with Crippen LogP contribution in [0.15, 0.2) is 36.4 Å². The molecule has 0 atom stereocenters. The minimum absolute atomic E-state index is 0.0316. The van der Waals surface area contributed by atoms with Gasteiger partial charge in [0, 0.05) is 24.2 Å². The number of nitrogens with one attached hydrogen (secondary N) is 2. The highest BCUT2D eigenvalue weighted by molar-refractivity contribution is 5.96. The van der Waals surface area contributed by atoms with Gasteiger partial charge in [-0.3, -0.25) is 9.59 Å². The van der Waals surface area contributed by atoms with Crippen LogP contribution in [0, 0.1) is 6.92 Å². The number of alkyl halides is 3. The third-order valence-corrected chi connectivity index (χ3v) is 3.22. The summed E-state index contributed by atoms with van der Waals surface area (Å²) in [5.41, 5.74) is 0.853. The molecule has 1 aromatic carbocycles. The second kappa shape index (κ2) is 9.07. The molecule has 2 N–H and O–H groups in total. The first-order valence-electron chi connectivity index (χ1n) is 8.15. The van der Waals surface area contributed by atoms with Gasteiger partial charge in [0.05, 0.1) is 6.54 Å². The summed E-state index contributed by atoms with van der Waals surface area (Å²) in [6, 6.07) is 8.07. The van der Waals surface area contributed by atoms with Crippen molar-refractivity contribution in [1.82, 2.24) is 10.3 Å². The van der Waals surface area contributed by atoms with Gasteiger partial charge in [-0.2, -0.15) is 0 Å². The van der Waals surface area contributed by atoms with E-state index in [9.17, 15) is 22.8 Å². The molecule has 0 saturated carbocycles. The van der Waals surface area contributed by atoms with Crippen LogP contribution in [0.5, 0.6) is 11.5 Å². The summed E-state index contributed by atoms with van der Waals surface area (Å²) in [5, 5.41) is 5.12. The molecule has 0 spiro atoms. The van der Waals surface area contributed by atoms with Gasteiger partial charge < -0.3 is 20.1 Å². The highest BCUT2D eigenvalue weighted by Gasteiger charge is 2.31. The maximum Gasteiger partial charge on any atom is 0.573 e. The van der Waals surface area contributed by atoms with Crippen molar-refractivity contribution in [3.8, 4) is 11.5 Å². The molecule has 2 amide bonds. The molecule has 28 heavy (non-hydrogen) atoms. The van der Waals surface area contributed by atoms with Crippen molar-refractivity contribution in [3.63, 3.8) is 0 Å². The average Bonchev–Trinajstić information content (AvgIpc) is 2.56. The van der Waals surface area contributed by atoms with Crippen LogP contribution in [-0.4, -0.2) is 36.3 Å². The first kappa shape index (κ1) is 21.0. The summed E-state index contributed by atoms with van der Waals surface area (Å²) in [5.74, 6) is -0.685.